The van der Waals surface area contributed by atoms with Gasteiger partial charge < -0.3 is 4.74 Å². The van der Waals surface area contributed by atoms with Gasteiger partial charge in [0.25, 0.3) is 0 Å². The summed E-state index contributed by atoms with van der Waals surface area (Å²) in [6.07, 6.45) is 0. The van der Waals surface area contributed by atoms with E-state index in [1.165, 1.54) is 21.0 Å². The van der Waals surface area contributed by atoms with E-state index in [0.717, 1.165) is 0 Å². The number of nitrogens with zero attached hydrogens (tertiary/aromatic N) is 1. The zero-order valence-electron chi connectivity index (χ0n) is 5.88. The summed E-state index contributed by atoms with van der Waals surface area (Å²) in [5, 5.41) is 10.1. The third-order valence-corrected chi connectivity index (χ3v) is 0.992. The highest BCUT2D eigenvalue weighted by Crippen LogP contribution is 2.06. The molecule has 0 aliphatic heterocycles. The van der Waals surface area contributed by atoms with Crippen LogP contribution >= 0.6 is 0 Å². The lowest BCUT2D eigenvalue weighted by Gasteiger charge is -2.12. The second-order valence-electron chi connectivity index (χ2n) is 2.50. The van der Waals surface area contributed by atoms with Gasteiger partial charge in [-0.15, -0.1) is 0 Å². The maximum atomic E-state index is 10.1. The predicted octanol–water partition coefficient (Wildman–Crippen LogP) is 0.688. The van der Waals surface area contributed by atoms with Crippen molar-refractivity contribution in [3.05, 3.63) is 10.1 Å². The molecule has 0 rings (SSSR count). The average molecular weight is 133 g/mol. The van der Waals surface area contributed by atoms with Gasteiger partial charge in [0.05, 0.1) is 0 Å². The fourth-order valence-corrected chi connectivity index (χ4v) is 0.406. The van der Waals surface area contributed by atoms with Crippen molar-refractivity contribution in [2.45, 2.75) is 19.4 Å². The van der Waals surface area contributed by atoms with Crippen molar-refractivity contribution in [2.75, 3.05) is 13.7 Å². The van der Waals surface area contributed by atoms with Gasteiger partial charge in [-0.05, 0) is 0 Å². The Morgan fingerprint density at radius 3 is 2.22 bits per heavy atom. The van der Waals surface area contributed by atoms with E-state index < -0.39 is 5.54 Å². The number of hydrogen-bond donors (Lipinski definition) is 0. The predicted molar refractivity (Wildman–Crippen MR) is 32.9 cm³/mol. The largest absolute Gasteiger partial charge is 0.377 e. The zero-order chi connectivity index (χ0) is 7.49. The van der Waals surface area contributed by atoms with E-state index in [-0.39, 0.29) is 11.5 Å². The van der Waals surface area contributed by atoms with Crippen molar-refractivity contribution in [3.8, 4) is 0 Å². The molecule has 0 aromatic carbocycles. The number of nitro groups is 1. The number of methoxy groups -OCH3 is 1. The van der Waals surface area contributed by atoms with Crippen molar-refractivity contribution >= 4 is 0 Å². The summed E-state index contributed by atoms with van der Waals surface area (Å²) in [5.74, 6) is 0. The topological polar surface area (TPSA) is 52.4 Å². The number of hydrogen-bond acceptors (Lipinski definition) is 3. The van der Waals surface area contributed by atoms with Gasteiger partial charge in [0.2, 0.25) is 5.54 Å². The highest BCUT2D eigenvalue weighted by Gasteiger charge is 2.29. The maximum Gasteiger partial charge on any atom is 0.239 e. The van der Waals surface area contributed by atoms with Crippen LogP contribution in [0.25, 0.3) is 0 Å². The molecule has 0 saturated heterocycles. The molecule has 0 aromatic heterocycles. The molecule has 0 bridgehead atoms. The van der Waals surface area contributed by atoms with Crippen molar-refractivity contribution in [1.82, 2.24) is 0 Å². The third kappa shape index (κ3) is 2.41. The maximum absolute atomic E-state index is 10.1. The molecule has 0 saturated carbocycles. The van der Waals surface area contributed by atoms with Crippen LogP contribution in [-0.4, -0.2) is 24.2 Å². The van der Waals surface area contributed by atoms with E-state index in [1.54, 1.807) is 0 Å². The summed E-state index contributed by atoms with van der Waals surface area (Å²) in [5.41, 5.74) is -0.950. The first-order valence-corrected chi connectivity index (χ1v) is 2.64. The Morgan fingerprint density at radius 2 is 2.11 bits per heavy atom. The van der Waals surface area contributed by atoms with E-state index in [9.17, 15) is 10.1 Å². The molecule has 0 aliphatic rings. The molecule has 0 aliphatic carbocycles. The standard InChI is InChI=1S/C5H11NO3/c1-5(2,4-9-3)6(7)8/h4H2,1-3H3. The summed E-state index contributed by atoms with van der Waals surface area (Å²) < 4.78 is 4.63. The number of rotatable bonds is 3. The molecule has 0 heterocycles. The van der Waals surface area contributed by atoms with Crippen molar-refractivity contribution in [1.29, 1.82) is 0 Å². The van der Waals surface area contributed by atoms with Gasteiger partial charge in [0, 0.05) is 25.9 Å². The van der Waals surface area contributed by atoms with Crippen molar-refractivity contribution in [2.24, 2.45) is 0 Å². The second kappa shape index (κ2) is 2.77. The van der Waals surface area contributed by atoms with Crippen LogP contribution in [0.2, 0.25) is 0 Å². The lowest BCUT2D eigenvalue weighted by atomic mass is 10.1. The first-order chi connectivity index (χ1) is 4.00. The molecular formula is C5H11NO3. The zero-order valence-corrected chi connectivity index (χ0v) is 5.88. The Labute approximate surface area is 54.0 Å². The van der Waals surface area contributed by atoms with Gasteiger partial charge in [-0.2, -0.15) is 0 Å². The molecule has 0 amide bonds. The van der Waals surface area contributed by atoms with Crippen LogP contribution in [0, 0.1) is 10.1 Å². The van der Waals surface area contributed by atoms with Crippen molar-refractivity contribution in [3.63, 3.8) is 0 Å². The van der Waals surface area contributed by atoms with Gasteiger partial charge in [-0.25, -0.2) is 0 Å². The smallest absolute Gasteiger partial charge is 0.239 e. The molecule has 0 unspecified atom stereocenters. The first-order valence-electron chi connectivity index (χ1n) is 2.64. The van der Waals surface area contributed by atoms with Crippen LogP contribution < -0.4 is 0 Å². The number of ether oxygens (including phenoxy) is 1. The monoisotopic (exact) mass is 133 g/mol. The lowest BCUT2D eigenvalue weighted by molar-refractivity contribution is -0.564. The fraction of sp³-hybridized carbons (Fsp3) is 1.00. The summed E-state index contributed by atoms with van der Waals surface area (Å²) in [6, 6.07) is 0. The molecule has 0 fully saturated rings. The lowest BCUT2D eigenvalue weighted by Crippen LogP contribution is -2.35. The molecule has 0 aromatic rings. The SMILES string of the molecule is COCC(C)(C)[N+](=O)[O-]. The van der Waals surface area contributed by atoms with Gasteiger partial charge in [-0.3, -0.25) is 10.1 Å². The average Bonchev–Trinajstić information content (AvgIpc) is 1.65. The van der Waals surface area contributed by atoms with E-state index >= 15 is 0 Å². The minimum Gasteiger partial charge on any atom is -0.377 e. The Balaban J connectivity index is 3.85. The molecule has 9 heavy (non-hydrogen) atoms. The summed E-state index contributed by atoms with van der Waals surface area (Å²) in [7, 11) is 1.45. The Hall–Kier alpha value is -0.640. The van der Waals surface area contributed by atoms with Crippen LogP contribution in [0.15, 0.2) is 0 Å². The highest BCUT2D eigenvalue weighted by molar-refractivity contribution is 4.63. The molecule has 54 valence electrons. The van der Waals surface area contributed by atoms with E-state index in [4.69, 9.17) is 0 Å². The van der Waals surface area contributed by atoms with Gasteiger partial charge in [0.1, 0.15) is 6.61 Å². The van der Waals surface area contributed by atoms with Crippen LogP contribution in [0.1, 0.15) is 13.8 Å². The van der Waals surface area contributed by atoms with Gasteiger partial charge >= 0.3 is 0 Å². The van der Waals surface area contributed by atoms with E-state index in [1.807, 2.05) is 0 Å². The molecule has 0 spiro atoms. The molecule has 4 nitrogen and oxygen atoms in total. The Bertz CT molecular complexity index is 111. The Kier molecular flexibility index (Phi) is 2.58. The van der Waals surface area contributed by atoms with Crippen LogP contribution in [0.3, 0.4) is 0 Å². The Morgan fingerprint density at radius 1 is 1.67 bits per heavy atom. The molecule has 0 N–H and O–H groups in total. The summed E-state index contributed by atoms with van der Waals surface area (Å²) >= 11 is 0. The molecule has 4 heteroatoms. The second-order valence-corrected chi connectivity index (χ2v) is 2.50. The van der Waals surface area contributed by atoms with E-state index in [2.05, 4.69) is 4.74 Å². The minimum absolute atomic E-state index is 0.153. The first kappa shape index (κ1) is 8.36. The molecule has 0 atom stereocenters. The van der Waals surface area contributed by atoms with E-state index in [0.29, 0.717) is 0 Å². The van der Waals surface area contributed by atoms with Gasteiger partial charge in [-0.1, -0.05) is 0 Å². The van der Waals surface area contributed by atoms with Crippen LogP contribution in [0.4, 0.5) is 0 Å². The normalized spacial score (nSPS) is 11.4. The molecule has 0 radical (unpaired) electrons. The summed E-state index contributed by atoms with van der Waals surface area (Å²) in [4.78, 5) is 9.79. The summed E-state index contributed by atoms with van der Waals surface area (Å²) in [6.45, 7) is 3.20. The minimum atomic E-state index is -0.950. The van der Waals surface area contributed by atoms with Gasteiger partial charge in [0.15, 0.2) is 0 Å². The quantitative estimate of drug-likeness (QED) is 0.420. The molecular weight excluding hydrogens is 122 g/mol. The van der Waals surface area contributed by atoms with Crippen molar-refractivity contribution < 1.29 is 9.66 Å². The fourth-order valence-electron chi connectivity index (χ4n) is 0.406. The third-order valence-electron chi connectivity index (χ3n) is 0.992. The highest BCUT2D eigenvalue weighted by atomic mass is 16.6. The van der Waals surface area contributed by atoms with Crippen LogP contribution in [0.5, 0.6) is 0 Å². The van der Waals surface area contributed by atoms with Crippen LogP contribution in [-0.2, 0) is 4.74 Å².